The van der Waals surface area contributed by atoms with Crippen molar-refractivity contribution in [3.8, 4) is 0 Å². The maximum atomic E-state index is 11.3. The quantitative estimate of drug-likeness (QED) is 0.595. The second-order valence-corrected chi connectivity index (χ2v) is 3.21. The van der Waals surface area contributed by atoms with Crippen LogP contribution in [0.5, 0.6) is 0 Å². The van der Waals surface area contributed by atoms with Crippen molar-refractivity contribution in [1.29, 1.82) is 0 Å². The Bertz CT molecular complexity index is 150. The first-order chi connectivity index (χ1) is 5.19. The molecule has 1 rings (SSSR count). The maximum Gasteiger partial charge on any atom is 0.313 e. The largest absolute Gasteiger partial charge is 0.466 e. The minimum atomic E-state index is -0.268. The number of carbonyl (C=O) groups is 1. The number of ether oxygens (including phenoxy) is 1. The highest BCUT2D eigenvalue weighted by molar-refractivity contribution is 5.77. The summed E-state index contributed by atoms with van der Waals surface area (Å²) in [6.07, 6.45) is 0.895. The summed E-state index contributed by atoms with van der Waals surface area (Å²) in [6, 6.07) is 0. The second kappa shape index (κ2) is 3.22. The van der Waals surface area contributed by atoms with Gasteiger partial charge < -0.3 is 10.1 Å². The standard InChI is InChI=1S/C8H15NO2/c1-3-11-7(10)8(2)4-5-9-6-8/h9H,3-6H2,1-2H3. The van der Waals surface area contributed by atoms with Crippen LogP contribution in [0.4, 0.5) is 0 Å². The van der Waals surface area contributed by atoms with Gasteiger partial charge in [0, 0.05) is 6.54 Å². The van der Waals surface area contributed by atoms with E-state index in [1.165, 1.54) is 0 Å². The van der Waals surface area contributed by atoms with Crippen LogP contribution in [0.1, 0.15) is 20.3 Å². The van der Waals surface area contributed by atoms with Gasteiger partial charge >= 0.3 is 5.97 Å². The summed E-state index contributed by atoms with van der Waals surface area (Å²) < 4.78 is 4.95. The normalized spacial score (nSPS) is 30.4. The van der Waals surface area contributed by atoms with E-state index in [1.54, 1.807) is 0 Å². The molecule has 0 saturated carbocycles. The zero-order chi connectivity index (χ0) is 8.32. The Labute approximate surface area is 67.1 Å². The van der Waals surface area contributed by atoms with Crippen molar-refractivity contribution in [3.63, 3.8) is 0 Å². The van der Waals surface area contributed by atoms with E-state index >= 15 is 0 Å². The third kappa shape index (κ3) is 1.71. The van der Waals surface area contributed by atoms with Gasteiger partial charge in [-0.05, 0) is 26.8 Å². The molecule has 1 aliphatic rings. The van der Waals surface area contributed by atoms with E-state index in [9.17, 15) is 4.79 Å². The number of nitrogens with one attached hydrogen (secondary N) is 1. The van der Waals surface area contributed by atoms with E-state index in [2.05, 4.69) is 5.32 Å². The Morgan fingerprint density at radius 2 is 2.45 bits per heavy atom. The van der Waals surface area contributed by atoms with Crippen molar-refractivity contribution < 1.29 is 9.53 Å². The summed E-state index contributed by atoms with van der Waals surface area (Å²) in [6.45, 7) is 5.95. The number of hydrogen-bond donors (Lipinski definition) is 1. The number of rotatable bonds is 2. The van der Waals surface area contributed by atoms with Crippen LogP contribution >= 0.6 is 0 Å². The Hall–Kier alpha value is -0.570. The lowest BCUT2D eigenvalue weighted by Crippen LogP contribution is -2.31. The molecule has 1 aliphatic heterocycles. The van der Waals surface area contributed by atoms with Gasteiger partial charge in [0.2, 0.25) is 0 Å². The van der Waals surface area contributed by atoms with Crippen LogP contribution in [0.3, 0.4) is 0 Å². The highest BCUT2D eigenvalue weighted by Crippen LogP contribution is 2.25. The summed E-state index contributed by atoms with van der Waals surface area (Å²) >= 11 is 0. The molecule has 0 aromatic rings. The third-order valence-corrected chi connectivity index (χ3v) is 2.14. The summed E-state index contributed by atoms with van der Waals surface area (Å²) in [5, 5.41) is 3.15. The zero-order valence-corrected chi connectivity index (χ0v) is 7.14. The van der Waals surface area contributed by atoms with E-state index in [0.29, 0.717) is 6.61 Å². The first-order valence-electron chi connectivity index (χ1n) is 4.07. The maximum absolute atomic E-state index is 11.3. The number of esters is 1. The smallest absolute Gasteiger partial charge is 0.313 e. The van der Waals surface area contributed by atoms with Gasteiger partial charge in [-0.3, -0.25) is 4.79 Å². The molecule has 3 heteroatoms. The molecule has 1 saturated heterocycles. The van der Waals surface area contributed by atoms with Crippen LogP contribution in [0, 0.1) is 5.41 Å². The van der Waals surface area contributed by atoms with E-state index in [4.69, 9.17) is 4.74 Å². The minimum Gasteiger partial charge on any atom is -0.466 e. The fraction of sp³-hybridized carbons (Fsp3) is 0.875. The lowest BCUT2D eigenvalue weighted by atomic mass is 9.90. The highest BCUT2D eigenvalue weighted by Gasteiger charge is 2.37. The van der Waals surface area contributed by atoms with Gasteiger partial charge in [-0.2, -0.15) is 0 Å². The van der Waals surface area contributed by atoms with Crippen LogP contribution in [-0.2, 0) is 9.53 Å². The molecule has 1 unspecified atom stereocenters. The molecule has 0 aromatic carbocycles. The van der Waals surface area contributed by atoms with Gasteiger partial charge in [-0.15, -0.1) is 0 Å². The Kier molecular flexibility index (Phi) is 2.49. The Morgan fingerprint density at radius 3 is 2.91 bits per heavy atom. The molecular formula is C8H15NO2. The first-order valence-corrected chi connectivity index (χ1v) is 4.07. The van der Waals surface area contributed by atoms with Crippen LogP contribution in [0.25, 0.3) is 0 Å². The molecule has 0 aromatic heterocycles. The van der Waals surface area contributed by atoms with Crippen LogP contribution < -0.4 is 5.32 Å². The molecular weight excluding hydrogens is 142 g/mol. The van der Waals surface area contributed by atoms with Crippen LogP contribution in [0.2, 0.25) is 0 Å². The fourth-order valence-electron chi connectivity index (χ4n) is 1.30. The van der Waals surface area contributed by atoms with Gasteiger partial charge in [0.25, 0.3) is 0 Å². The van der Waals surface area contributed by atoms with Crippen molar-refractivity contribution in [1.82, 2.24) is 5.32 Å². The van der Waals surface area contributed by atoms with E-state index < -0.39 is 0 Å². The number of carbonyl (C=O) groups excluding carboxylic acids is 1. The molecule has 1 atom stereocenters. The highest BCUT2D eigenvalue weighted by atomic mass is 16.5. The third-order valence-electron chi connectivity index (χ3n) is 2.14. The molecule has 0 bridgehead atoms. The minimum absolute atomic E-state index is 0.0648. The topological polar surface area (TPSA) is 38.3 Å². The Morgan fingerprint density at radius 1 is 1.73 bits per heavy atom. The molecule has 0 aliphatic carbocycles. The SMILES string of the molecule is CCOC(=O)C1(C)CCNC1. The van der Waals surface area contributed by atoms with Crippen LogP contribution in [-0.4, -0.2) is 25.7 Å². The molecule has 0 amide bonds. The first kappa shape index (κ1) is 8.53. The lowest BCUT2D eigenvalue weighted by molar-refractivity contribution is -0.153. The van der Waals surface area contributed by atoms with Gasteiger partial charge in [-0.1, -0.05) is 0 Å². The van der Waals surface area contributed by atoms with Crippen molar-refractivity contribution in [3.05, 3.63) is 0 Å². The summed E-state index contributed by atoms with van der Waals surface area (Å²) in [5.74, 6) is -0.0648. The summed E-state index contributed by atoms with van der Waals surface area (Å²) in [4.78, 5) is 11.3. The fourth-order valence-corrected chi connectivity index (χ4v) is 1.30. The van der Waals surface area contributed by atoms with Gasteiger partial charge in [0.15, 0.2) is 0 Å². The van der Waals surface area contributed by atoms with Crippen molar-refractivity contribution in [2.24, 2.45) is 5.41 Å². The van der Waals surface area contributed by atoms with Crippen LogP contribution in [0.15, 0.2) is 0 Å². The molecule has 3 nitrogen and oxygen atoms in total. The monoisotopic (exact) mass is 157 g/mol. The Balaban J connectivity index is 2.49. The van der Waals surface area contributed by atoms with E-state index in [1.807, 2.05) is 13.8 Å². The average Bonchev–Trinajstić information content (AvgIpc) is 2.38. The summed E-state index contributed by atoms with van der Waals surface area (Å²) in [7, 11) is 0. The lowest BCUT2D eigenvalue weighted by Gasteiger charge is -2.19. The van der Waals surface area contributed by atoms with Crippen molar-refractivity contribution >= 4 is 5.97 Å². The summed E-state index contributed by atoms with van der Waals surface area (Å²) in [5.41, 5.74) is -0.268. The van der Waals surface area contributed by atoms with Gasteiger partial charge in [0.05, 0.1) is 12.0 Å². The molecule has 1 fully saturated rings. The molecule has 0 spiro atoms. The zero-order valence-electron chi connectivity index (χ0n) is 7.14. The molecule has 0 radical (unpaired) electrons. The van der Waals surface area contributed by atoms with E-state index in [-0.39, 0.29) is 11.4 Å². The van der Waals surface area contributed by atoms with E-state index in [0.717, 1.165) is 19.5 Å². The predicted molar refractivity (Wildman–Crippen MR) is 42.2 cm³/mol. The van der Waals surface area contributed by atoms with Gasteiger partial charge in [-0.25, -0.2) is 0 Å². The second-order valence-electron chi connectivity index (χ2n) is 3.21. The van der Waals surface area contributed by atoms with Crippen molar-refractivity contribution in [2.45, 2.75) is 20.3 Å². The molecule has 1 heterocycles. The average molecular weight is 157 g/mol. The molecule has 64 valence electrons. The van der Waals surface area contributed by atoms with Gasteiger partial charge in [0.1, 0.15) is 0 Å². The van der Waals surface area contributed by atoms with Crippen molar-refractivity contribution in [2.75, 3.05) is 19.7 Å². The number of hydrogen-bond acceptors (Lipinski definition) is 3. The molecule has 1 N–H and O–H groups in total. The molecule has 11 heavy (non-hydrogen) atoms. The predicted octanol–water partition coefficient (Wildman–Crippen LogP) is 0.549.